The summed E-state index contributed by atoms with van der Waals surface area (Å²) >= 11 is 4.19. The summed E-state index contributed by atoms with van der Waals surface area (Å²) < 4.78 is 28.7. The Balaban J connectivity index is 2.20. The number of rotatable bonds is 3. The molecule has 1 heterocycles. The van der Waals surface area contributed by atoms with Crippen molar-refractivity contribution in [3.05, 3.63) is 33.8 Å². The molecule has 1 aromatic carbocycles. The molecule has 17 heavy (non-hydrogen) atoms. The minimum Gasteiger partial charge on any atom is -0.224 e. The van der Waals surface area contributed by atoms with Crippen molar-refractivity contribution < 1.29 is 8.78 Å². The Morgan fingerprint density at radius 3 is 2.82 bits per heavy atom. The molecule has 0 unspecified atom stereocenters. The Labute approximate surface area is 109 Å². The summed E-state index contributed by atoms with van der Waals surface area (Å²) in [6, 6.07) is 2.56. The summed E-state index contributed by atoms with van der Waals surface area (Å²) in [5.41, 5.74) is 0.00683. The van der Waals surface area contributed by atoms with Gasteiger partial charge >= 0.3 is 0 Å². The maximum atomic E-state index is 13.6. The quantitative estimate of drug-likeness (QED) is 0.644. The van der Waals surface area contributed by atoms with E-state index in [9.17, 15) is 8.78 Å². The average molecular weight is 321 g/mol. The lowest BCUT2D eigenvalue weighted by atomic mass is 10.2. The molecule has 8 heteroatoms. The van der Waals surface area contributed by atoms with Gasteiger partial charge in [0.15, 0.2) is 0 Å². The lowest BCUT2D eigenvalue weighted by Crippen LogP contribution is -1.97. The van der Waals surface area contributed by atoms with Crippen LogP contribution in [-0.2, 0) is 12.8 Å². The average Bonchev–Trinajstić information content (AvgIpc) is 2.70. The largest absolute Gasteiger partial charge is 0.224 e. The molecule has 0 amide bonds. The molecule has 0 aliphatic rings. The Morgan fingerprint density at radius 2 is 2.18 bits per heavy atom. The Hall–Kier alpha value is -1.02. The number of hydrogen-bond acceptors (Lipinski definition) is 4. The van der Waals surface area contributed by atoms with Gasteiger partial charge in [0.1, 0.15) is 11.6 Å². The Kier molecular flexibility index (Phi) is 3.72. The van der Waals surface area contributed by atoms with Gasteiger partial charge in [-0.15, -0.1) is 5.10 Å². The molecular weight excluding hydrogens is 314 g/mol. The van der Waals surface area contributed by atoms with E-state index in [1.54, 1.807) is 7.05 Å². The van der Waals surface area contributed by atoms with Crippen molar-refractivity contribution in [2.45, 2.75) is 10.9 Å². The van der Waals surface area contributed by atoms with Crippen LogP contribution in [-0.4, -0.2) is 20.2 Å². The third-order valence-electron chi connectivity index (χ3n) is 2.07. The van der Waals surface area contributed by atoms with E-state index in [4.69, 9.17) is 0 Å². The molecule has 0 atom stereocenters. The zero-order valence-electron chi connectivity index (χ0n) is 8.69. The molecule has 0 saturated heterocycles. The van der Waals surface area contributed by atoms with Gasteiger partial charge in [0, 0.05) is 18.4 Å². The van der Waals surface area contributed by atoms with E-state index in [0.717, 1.165) is 0 Å². The predicted molar refractivity (Wildman–Crippen MR) is 62.4 cm³/mol. The third kappa shape index (κ3) is 2.63. The third-order valence-corrected chi connectivity index (χ3v) is 3.72. The molecule has 0 bridgehead atoms. The van der Waals surface area contributed by atoms with E-state index in [1.807, 2.05) is 0 Å². The van der Waals surface area contributed by atoms with Crippen molar-refractivity contribution >= 4 is 27.7 Å². The number of halogens is 3. The van der Waals surface area contributed by atoms with Gasteiger partial charge < -0.3 is 0 Å². The summed E-state index contributed by atoms with van der Waals surface area (Å²) in [6.07, 6.45) is 0. The maximum absolute atomic E-state index is 13.6. The van der Waals surface area contributed by atoms with Crippen molar-refractivity contribution in [2.75, 3.05) is 0 Å². The Bertz CT molecular complexity index is 546. The highest BCUT2D eigenvalue weighted by atomic mass is 79.9. The van der Waals surface area contributed by atoms with Crippen LogP contribution in [0.5, 0.6) is 0 Å². The fourth-order valence-corrected chi connectivity index (χ4v) is 2.41. The van der Waals surface area contributed by atoms with E-state index in [-0.39, 0.29) is 15.8 Å². The monoisotopic (exact) mass is 320 g/mol. The molecule has 0 aliphatic heterocycles. The second-order valence-corrected chi connectivity index (χ2v) is 4.99. The van der Waals surface area contributed by atoms with Crippen molar-refractivity contribution in [3.8, 4) is 0 Å². The summed E-state index contributed by atoms with van der Waals surface area (Å²) in [6.45, 7) is 0. The molecule has 1 aromatic heterocycles. The molecule has 4 nitrogen and oxygen atoms in total. The Morgan fingerprint density at radius 1 is 1.41 bits per heavy atom. The van der Waals surface area contributed by atoms with Gasteiger partial charge in [-0.3, -0.25) is 0 Å². The van der Waals surface area contributed by atoms with Crippen LogP contribution in [0.4, 0.5) is 8.78 Å². The molecule has 2 rings (SSSR count). The number of nitrogens with zero attached hydrogens (tertiary/aromatic N) is 4. The highest BCUT2D eigenvalue weighted by Crippen LogP contribution is 2.27. The van der Waals surface area contributed by atoms with Crippen LogP contribution in [0.15, 0.2) is 21.8 Å². The first-order valence-corrected chi connectivity index (χ1v) is 6.35. The second-order valence-electron chi connectivity index (χ2n) is 3.20. The normalized spacial score (nSPS) is 10.8. The van der Waals surface area contributed by atoms with Crippen molar-refractivity contribution in [3.63, 3.8) is 0 Å². The van der Waals surface area contributed by atoms with E-state index in [2.05, 4.69) is 31.5 Å². The number of aromatic nitrogens is 4. The fourth-order valence-electron chi connectivity index (χ4n) is 1.18. The van der Waals surface area contributed by atoms with Crippen LogP contribution >= 0.6 is 27.7 Å². The van der Waals surface area contributed by atoms with Crippen LogP contribution in [0.3, 0.4) is 0 Å². The highest BCUT2D eigenvalue weighted by Gasteiger charge is 2.14. The molecule has 0 spiro atoms. The molecule has 0 saturated carbocycles. The van der Waals surface area contributed by atoms with Crippen molar-refractivity contribution in [2.24, 2.45) is 7.05 Å². The smallest absolute Gasteiger partial charge is 0.209 e. The summed E-state index contributed by atoms with van der Waals surface area (Å²) in [5, 5.41) is 11.3. The maximum Gasteiger partial charge on any atom is 0.209 e. The zero-order valence-corrected chi connectivity index (χ0v) is 11.1. The lowest BCUT2D eigenvalue weighted by molar-refractivity contribution is 0.561. The number of tetrazole rings is 1. The predicted octanol–water partition coefficient (Wildman–Crippen LogP) is 2.54. The van der Waals surface area contributed by atoms with Crippen LogP contribution < -0.4 is 0 Å². The van der Waals surface area contributed by atoms with Crippen LogP contribution in [0.25, 0.3) is 0 Å². The van der Waals surface area contributed by atoms with Gasteiger partial charge in [-0.2, -0.15) is 0 Å². The van der Waals surface area contributed by atoms with Gasteiger partial charge in [-0.1, -0.05) is 11.8 Å². The van der Waals surface area contributed by atoms with E-state index < -0.39 is 11.6 Å². The number of benzene rings is 1. The molecule has 2 aromatic rings. The standard InChI is InChI=1S/C9H7BrF2N4S/c1-16-9(13-14-15-16)17-4-5-7(11)3-2-6(10)8(5)12/h2-3H,4H2,1H3. The van der Waals surface area contributed by atoms with Crippen LogP contribution in [0.2, 0.25) is 0 Å². The van der Waals surface area contributed by atoms with Gasteiger partial charge in [0.2, 0.25) is 5.16 Å². The van der Waals surface area contributed by atoms with E-state index >= 15 is 0 Å². The lowest BCUT2D eigenvalue weighted by Gasteiger charge is -2.05. The SMILES string of the molecule is Cn1nnnc1SCc1c(F)ccc(Br)c1F. The zero-order chi connectivity index (χ0) is 12.4. The van der Waals surface area contributed by atoms with Crippen molar-refractivity contribution in [1.29, 1.82) is 0 Å². The van der Waals surface area contributed by atoms with Crippen LogP contribution in [0.1, 0.15) is 5.56 Å². The molecule has 90 valence electrons. The molecular formula is C9H7BrF2N4S. The fraction of sp³-hybridized carbons (Fsp3) is 0.222. The summed E-state index contributed by atoms with van der Waals surface area (Å²) in [5.74, 6) is -1.04. The minimum absolute atomic E-state index is 0.00683. The van der Waals surface area contributed by atoms with Gasteiger partial charge in [0.05, 0.1) is 4.47 Å². The first-order chi connectivity index (χ1) is 8.09. The van der Waals surface area contributed by atoms with Gasteiger partial charge in [-0.25, -0.2) is 13.5 Å². The first-order valence-electron chi connectivity index (χ1n) is 4.57. The summed E-state index contributed by atoms with van der Waals surface area (Å²) in [4.78, 5) is 0. The van der Waals surface area contributed by atoms with E-state index in [1.165, 1.54) is 28.6 Å². The topological polar surface area (TPSA) is 43.6 Å². The molecule has 0 fully saturated rings. The molecule has 0 radical (unpaired) electrons. The number of aryl methyl sites for hydroxylation is 1. The molecule has 0 aliphatic carbocycles. The van der Waals surface area contributed by atoms with E-state index in [0.29, 0.717) is 5.16 Å². The second kappa shape index (κ2) is 5.09. The van der Waals surface area contributed by atoms with Gasteiger partial charge in [-0.05, 0) is 38.5 Å². The highest BCUT2D eigenvalue weighted by molar-refractivity contribution is 9.10. The molecule has 0 N–H and O–H groups in total. The van der Waals surface area contributed by atoms with Crippen LogP contribution in [0, 0.1) is 11.6 Å². The number of thioether (sulfide) groups is 1. The van der Waals surface area contributed by atoms with Crippen molar-refractivity contribution in [1.82, 2.24) is 20.2 Å². The number of hydrogen-bond donors (Lipinski definition) is 0. The minimum atomic E-state index is -0.590. The summed E-state index contributed by atoms with van der Waals surface area (Å²) in [7, 11) is 1.66. The first kappa shape index (κ1) is 12.4. The van der Waals surface area contributed by atoms with Gasteiger partial charge in [0.25, 0.3) is 0 Å².